The number of guanidine groups is 1. The minimum absolute atomic E-state index is 0. The third-order valence-corrected chi connectivity index (χ3v) is 4.03. The summed E-state index contributed by atoms with van der Waals surface area (Å²) < 4.78 is 21.3. The lowest BCUT2D eigenvalue weighted by Gasteiger charge is -2.14. The summed E-state index contributed by atoms with van der Waals surface area (Å²) in [5, 5.41) is 6.57. The van der Waals surface area contributed by atoms with Gasteiger partial charge < -0.3 is 29.6 Å². The van der Waals surface area contributed by atoms with E-state index < -0.39 is 0 Å². The molecule has 2 rings (SSSR count). The molecule has 30 heavy (non-hydrogen) atoms. The monoisotopic (exact) mass is 530 g/mol. The molecule has 0 fully saturated rings. The highest BCUT2D eigenvalue weighted by atomic mass is 127. The molecule has 166 valence electrons. The molecule has 0 bridgehead atoms. The second-order valence-corrected chi connectivity index (χ2v) is 6.05. The number of hydrogen-bond donors (Lipinski definition) is 2. The van der Waals surface area contributed by atoms with Crippen molar-refractivity contribution < 1.29 is 18.9 Å². The van der Waals surface area contributed by atoms with E-state index in [1.165, 1.54) is 0 Å². The smallest absolute Gasteiger partial charge is 0.218 e. The van der Waals surface area contributed by atoms with Crippen LogP contribution in [0.3, 0.4) is 0 Å². The van der Waals surface area contributed by atoms with Gasteiger partial charge in [-0.05, 0) is 30.7 Å². The molecule has 0 saturated heterocycles. The van der Waals surface area contributed by atoms with Crippen molar-refractivity contribution in [1.82, 2.24) is 15.6 Å². The zero-order valence-corrected chi connectivity index (χ0v) is 20.3. The van der Waals surface area contributed by atoms with Gasteiger partial charge in [0.15, 0.2) is 17.5 Å². The van der Waals surface area contributed by atoms with Crippen molar-refractivity contribution >= 4 is 29.9 Å². The van der Waals surface area contributed by atoms with Gasteiger partial charge in [0.2, 0.25) is 5.88 Å². The molecule has 2 N–H and O–H groups in total. The van der Waals surface area contributed by atoms with E-state index in [2.05, 4.69) is 20.6 Å². The van der Waals surface area contributed by atoms with Crippen LogP contribution in [0.2, 0.25) is 0 Å². The Kier molecular flexibility index (Phi) is 12.6. The quantitative estimate of drug-likeness (QED) is 0.200. The van der Waals surface area contributed by atoms with Gasteiger partial charge in [-0.3, -0.25) is 0 Å². The molecular weight excluding hydrogens is 499 g/mol. The average Bonchev–Trinajstić information content (AvgIpc) is 2.76. The van der Waals surface area contributed by atoms with Crippen LogP contribution in [-0.4, -0.2) is 52.0 Å². The van der Waals surface area contributed by atoms with Crippen molar-refractivity contribution in [2.75, 3.05) is 41.1 Å². The van der Waals surface area contributed by atoms with Gasteiger partial charge in [-0.15, -0.1) is 24.0 Å². The molecule has 1 heterocycles. The van der Waals surface area contributed by atoms with Crippen molar-refractivity contribution in [3.05, 3.63) is 47.7 Å². The van der Waals surface area contributed by atoms with E-state index in [9.17, 15) is 0 Å². The summed E-state index contributed by atoms with van der Waals surface area (Å²) in [6, 6.07) is 9.63. The molecule has 0 aliphatic rings. The maximum atomic E-state index is 5.68. The molecule has 8 nitrogen and oxygen atoms in total. The molecule has 0 saturated carbocycles. The topological polar surface area (TPSA) is 86.2 Å². The molecule has 0 unspecified atom stereocenters. The third kappa shape index (κ3) is 8.23. The average molecular weight is 530 g/mol. The lowest BCUT2D eigenvalue weighted by Crippen LogP contribution is -2.36. The Morgan fingerprint density at radius 2 is 1.83 bits per heavy atom. The molecule has 1 aromatic heterocycles. The van der Waals surface area contributed by atoms with Gasteiger partial charge in [-0.1, -0.05) is 12.1 Å². The van der Waals surface area contributed by atoms with Crippen LogP contribution in [-0.2, 0) is 17.8 Å². The minimum Gasteiger partial charge on any atom is -0.493 e. The molecule has 9 heteroatoms. The van der Waals surface area contributed by atoms with E-state index in [-0.39, 0.29) is 24.0 Å². The molecule has 0 spiro atoms. The number of halogens is 1. The van der Waals surface area contributed by atoms with Crippen LogP contribution in [0, 0.1) is 0 Å². The lowest BCUT2D eigenvalue weighted by atomic mass is 10.2. The van der Waals surface area contributed by atoms with Crippen LogP contribution >= 0.6 is 24.0 Å². The first-order valence-corrected chi connectivity index (χ1v) is 9.50. The van der Waals surface area contributed by atoms with E-state index >= 15 is 0 Å². The number of ether oxygens (including phenoxy) is 4. The van der Waals surface area contributed by atoms with Gasteiger partial charge in [0.05, 0.1) is 27.4 Å². The number of nitrogens with one attached hydrogen (secondary N) is 2. The van der Waals surface area contributed by atoms with Crippen molar-refractivity contribution in [2.24, 2.45) is 4.99 Å². The van der Waals surface area contributed by atoms with Gasteiger partial charge >= 0.3 is 0 Å². The van der Waals surface area contributed by atoms with Crippen LogP contribution in [0.25, 0.3) is 0 Å². The highest BCUT2D eigenvalue weighted by molar-refractivity contribution is 14.0. The molecular formula is C21H31IN4O4. The van der Waals surface area contributed by atoms with Crippen molar-refractivity contribution in [3.8, 4) is 17.4 Å². The maximum Gasteiger partial charge on any atom is 0.218 e. The third-order valence-electron chi connectivity index (χ3n) is 4.03. The van der Waals surface area contributed by atoms with Crippen LogP contribution in [0.4, 0.5) is 0 Å². The fraction of sp³-hybridized carbons (Fsp3) is 0.429. The first-order chi connectivity index (χ1) is 14.2. The molecule has 0 aliphatic carbocycles. The number of pyridine rings is 1. The number of aliphatic imine (C=N–C) groups is 1. The number of nitrogens with zero attached hydrogens (tertiary/aromatic N) is 2. The Hall–Kier alpha value is -2.27. The number of aromatic nitrogens is 1. The summed E-state index contributed by atoms with van der Waals surface area (Å²) >= 11 is 0. The maximum absolute atomic E-state index is 5.68. The van der Waals surface area contributed by atoms with Gasteiger partial charge in [0.25, 0.3) is 0 Å². The minimum atomic E-state index is 0. The largest absolute Gasteiger partial charge is 0.493 e. The van der Waals surface area contributed by atoms with E-state index in [0.29, 0.717) is 49.6 Å². The van der Waals surface area contributed by atoms with E-state index in [4.69, 9.17) is 18.9 Å². The van der Waals surface area contributed by atoms with Crippen LogP contribution in [0.5, 0.6) is 17.4 Å². The molecule has 0 aliphatic heterocycles. The highest BCUT2D eigenvalue weighted by Crippen LogP contribution is 2.27. The second-order valence-electron chi connectivity index (χ2n) is 6.05. The number of rotatable bonds is 11. The zero-order chi connectivity index (χ0) is 20.9. The number of benzene rings is 1. The SMILES string of the molecule is CCNC(=NCc1ccc(OC)c(OC)c1)NCc1cccnc1OCCOC.I. The van der Waals surface area contributed by atoms with Gasteiger partial charge in [-0.25, -0.2) is 9.98 Å². The molecule has 0 atom stereocenters. The Bertz CT molecular complexity index is 789. The predicted octanol–water partition coefficient (Wildman–Crippen LogP) is 3.00. The van der Waals surface area contributed by atoms with E-state index in [0.717, 1.165) is 17.7 Å². The Morgan fingerprint density at radius 3 is 2.53 bits per heavy atom. The number of hydrogen-bond acceptors (Lipinski definition) is 6. The summed E-state index contributed by atoms with van der Waals surface area (Å²) in [5.74, 6) is 2.68. The summed E-state index contributed by atoms with van der Waals surface area (Å²) in [6.45, 7) is 4.78. The standard InChI is InChI=1S/C21H30N4O4.HI/c1-5-22-21(24-14-16-8-9-18(27-3)19(13-16)28-4)25-15-17-7-6-10-23-20(17)29-12-11-26-2;/h6-10,13H,5,11-12,14-15H2,1-4H3,(H2,22,24,25);1H. The molecule has 1 aromatic carbocycles. The van der Waals surface area contributed by atoms with Crippen molar-refractivity contribution in [2.45, 2.75) is 20.0 Å². The summed E-state index contributed by atoms with van der Waals surface area (Å²) in [5.41, 5.74) is 1.96. The Morgan fingerprint density at radius 1 is 1.03 bits per heavy atom. The summed E-state index contributed by atoms with van der Waals surface area (Å²) in [6.07, 6.45) is 1.71. The van der Waals surface area contributed by atoms with Crippen molar-refractivity contribution in [3.63, 3.8) is 0 Å². The summed E-state index contributed by atoms with van der Waals surface area (Å²) in [7, 11) is 4.88. The number of methoxy groups -OCH3 is 3. The predicted molar refractivity (Wildman–Crippen MR) is 128 cm³/mol. The zero-order valence-electron chi connectivity index (χ0n) is 17.9. The first kappa shape index (κ1) is 25.8. The lowest BCUT2D eigenvalue weighted by molar-refractivity contribution is 0.143. The molecule has 0 radical (unpaired) electrons. The van der Waals surface area contributed by atoms with Gasteiger partial charge in [-0.2, -0.15) is 0 Å². The first-order valence-electron chi connectivity index (χ1n) is 9.50. The van der Waals surface area contributed by atoms with E-state index in [1.54, 1.807) is 27.5 Å². The van der Waals surface area contributed by atoms with Gasteiger partial charge in [0.1, 0.15) is 6.61 Å². The molecule has 2 aromatic rings. The van der Waals surface area contributed by atoms with Crippen LogP contribution < -0.4 is 24.8 Å². The Labute approximate surface area is 195 Å². The fourth-order valence-corrected chi connectivity index (χ4v) is 2.58. The fourth-order valence-electron chi connectivity index (χ4n) is 2.58. The Balaban J connectivity index is 0.00000450. The molecule has 0 amide bonds. The van der Waals surface area contributed by atoms with E-state index in [1.807, 2.05) is 37.3 Å². The summed E-state index contributed by atoms with van der Waals surface area (Å²) in [4.78, 5) is 8.95. The van der Waals surface area contributed by atoms with Gasteiger partial charge in [0, 0.05) is 32.0 Å². The highest BCUT2D eigenvalue weighted by Gasteiger charge is 2.07. The normalized spacial score (nSPS) is 10.7. The van der Waals surface area contributed by atoms with Crippen LogP contribution in [0.15, 0.2) is 41.5 Å². The van der Waals surface area contributed by atoms with Crippen molar-refractivity contribution in [1.29, 1.82) is 0 Å². The van der Waals surface area contributed by atoms with Crippen LogP contribution in [0.1, 0.15) is 18.1 Å². The second kappa shape index (κ2) is 14.7.